The Morgan fingerprint density at radius 3 is 1.57 bits per heavy atom. The van der Waals surface area contributed by atoms with Crippen LogP contribution in [0.2, 0.25) is 0 Å². The predicted molar refractivity (Wildman–Crippen MR) is 172 cm³/mol. The molecule has 1 atom stereocenters. The van der Waals surface area contributed by atoms with E-state index in [-0.39, 0.29) is 18.5 Å². The van der Waals surface area contributed by atoms with E-state index in [1.807, 2.05) is 12.2 Å². The van der Waals surface area contributed by atoms with Crippen molar-refractivity contribution in [2.75, 3.05) is 0 Å². The Bertz CT molecular complexity index is 649. The molecule has 0 aliphatic heterocycles. The number of allylic oxidation sites excluding steroid dienone is 4. The van der Waals surface area contributed by atoms with E-state index in [9.17, 15) is 9.59 Å². The molecule has 0 saturated carbocycles. The third-order valence-corrected chi connectivity index (χ3v) is 7.34. The predicted octanol–water partition coefficient (Wildman–Crippen LogP) is 11.4. The van der Waals surface area contributed by atoms with E-state index >= 15 is 0 Å². The van der Waals surface area contributed by atoms with Gasteiger partial charge in [0.1, 0.15) is 6.10 Å². The number of carboxylic acids is 1. The minimum Gasteiger partial charge on any atom is -0.481 e. The Morgan fingerprint density at radius 1 is 0.575 bits per heavy atom. The van der Waals surface area contributed by atoms with Gasteiger partial charge in [-0.1, -0.05) is 147 Å². The normalized spacial score (nSPS) is 12.7. The van der Waals surface area contributed by atoms with Crippen LogP contribution in [0, 0.1) is 0 Å². The summed E-state index contributed by atoms with van der Waals surface area (Å²) in [6.45, 7) is 4.40. The first kappa shape index (κ1) is 38.2. The fraction of sp³-hybridized carbons (Fsp3) is 0.778. The molecule has 0 spiro atoms. The highest BCUT2D eigenvalue weighted by atomic mass is 16.5. The molecule has 0 unspecified atom stereocenters. The van der Waals surface area contributed by atoms with Crippen LogP contribution in [-0.4, -0.2) is 23.1 Å². The number of esters is 1. The molecule has 4 nitrogen and oxygen atoms in total. The fourth-order valence-corrected chi connectivity index (χ4v) is 4.85. The number of hydrogen-bond donors (Lipinski definition) is 1. The zero-order chi connectivity index (χ0) is 29.4. The first-order valence-corrected chi connectivity index (χ1v) is 17.0. The zero-order valence-electron chi connectivity index (χ0n) is 26.4. The van der Waals surface area contributed by atoms with Crippen molar-refractivity contribution in [3.05, 3.63) is 36.5 Å². The largest absolute Gasteiger partial charge is 0.481 e. The number of ether oxygens (including phenoxy) is 1. The highest BCUT2D eigenvalue weighted by molar-refractivity contribution is 5.69. The Kier molecular flexibility index (Phi) is 30.2. The monoisotopic (exact) mass is 560 g/mol. The molecule has 0 heterocycles. The second-order valence-corrected chi connectivity index (χ2v) is 11.3. The summed E-state index contributed by atoms with van der Waals surface area (Å²) >= 11 is 0. The molecule has 0 saturated heterocycles. The summed E-state index contributed by atoms with van der Waals surface area (Å²) in [6.07, 6.45) is 40.6. The molecule has 0 aliphatic rings. The number of hydrogen-bond acceptors (Lipinski definition) is 3. The Labute approximate surface area is 248 Å². The molecular formula is C36H64O4. The molecule has 0 amide bonds. The molecule has 0 aliphatic carbocycles. The highest BCUT2D eigenvalue weighted by Crippen LogP contribution is 2.14. The van der Waals surface area contributed by atoms with Gasteiger partial charge in [-0.3, -0.25) is 9.59 Å². The van der Waals surface area contributed by atoms with Gasteiger partial charge >= 0.3 is 11.9 Å². The van der Waals surface area contributed by atoms with Crippen molar-refractivity contribution < 1.29 is 19.4 Å². The third kappa shape index (κ3) is 30.7. The summed E-state index contributed by atoms with van der Waals surface area (Å²) in [6, 6.07) is 0. The molecular weight excluding hydrogens is 496 g/mol. The molecule has 0 radical (unpaired) electrons. The molecule has 0 aromatic carbocycles. The number of carbonyl (C=O) groups is 2. The Balaban J connectivity index is 3.98. The summed E-state index contributed by atoms with van der Waals surface area (Å²) in [5, 5.41) is 8.70. The van der Waals surface area contributed by atoms with E-state index in [4.69, 9.17) is 9.84 Å². The van der Waals surface area contributed by atoms with Gasteiger partial charge in [-0.05, 0) is 50.7 Å². The van der Waals surface area contributed by atoms with Gasteiger partial charge in [0.05, 0.1) is 0 Å². The number of carbonyl (C=O) groups excluding carboxylic acids is 1. The van der Waals surface area contributed by atoms with Crippen LogP contribution in [0.25, 0.3) is 0 Å². The molecule has 0 bridgehead atoms. The van der Waals surface area contributed by atoms with Crippen molar-refractivity contribution in [1.29, 1.82) is 0 Å². The molecule has 1 N–H and O–H groups in total. The van der Waals surface area contributed by atoms with Gasteiger partial charge < -0.3 is 9.84 Å². The first-order valence-electron chi connectivity index (χ1n) is 17.0. The van der Waals surface area contributed by atoms with Crippen LogP contribution in [-0.2, 0) is 14.3 Å². The second kappa shape index (κ2) is 31.7. The van der Waals surface area contributed by atoms with Crippen molar-refractivity contribution in [3.8, 4) is 0 Å². The van der Waals surface area contributed by atoms with E-state index in [0.717, 1.165) is 64.2 Å². The maximum atomic E-state index is 12.5. The van der Waals surface area contributed by atoms with Crippen molar-refractivity contribution in [2.45, 2.75) is 180 Å². The van der Waals surface area contributed by atoms with Gasteiger partial charge in [0.2, 0.25) is 0 Å². The number of unbranched alkanes of at least 4 members (excludes halogenated alkanes) is 19. The Morgan fingerprint density at radius 2 is 1.05 bits per heavy atom. The van der Waals surface area contributed by atoms with Gasteiger partial charge in [-0.15, -0.1) is 0 Å². The highest BCUT2D eigenvalue weighted by Gasteiger charge is 2.08. The third-order valence-electron chi connectivity index (χ3n) is 7.34. The minimum absolute atomic E-state index is 0.100. The van der Waals surface area contributed by atoms with E-state index in [1.54, 1.807) is 0 Å². The van der Waals surface area contributed by atoms with Crippen LogP contribution < -0.4 is 0 Å². The average molecular weight is 561 g/mol. The number of rotatable bonds is 30. The van der Waals surface area contributed by atoms with Gasteiger partial charge in [-0.2, -0.15) is 0 Å². The van der Waals surface area contributed by atoms with Gasteiger partial charge in [0.25, 0.3) is 0 Å². The minimum atomic E-state index is -0.707. The molecule has 40 heavy (non-hydrogen) atoms. The lowest BCUT2D eigenvalue weighted by Gasteiger charge is -2.11. The Hall–Kier alpha value is -1.84. The maximum absolute atomic E-state index is 12.5. The summed E-state index contributed by atoms with van der Waals surface area (Å²) in [7, 11) is 0. The summed E-state index contributed by atoms with van der Waals surface area (Å²) in [5.74, 6) is -0.808. The second-order valence-electron chi connectivity index (χ2n) is 11.3. The lowest BCUT2D eigenvalue weighted by Crippen LogP contribution is -2.13. The van der Waals surface area contributed by atoms with Crippen molar-refractivity contribution in [3.63, 3.8) is 0 Å². The summed E-state index contributed by atoms with van der Waals surface area (Å²) in [4.78, 5) is 23.0. The van der Waals surface area contributed by atoms with Crippen LogP contribution in [0.1, 0.15) is 174 Å². The molecule has 4 heteroatoms. The van der Waals surface area contributed by atoms with Crippen molar-refractivity contribution in [2.24, 2.45) is 0 Å². The molecule has 0 aromatic rings. The topological polar surface area (TPSA) is 63.6 Å². The van der Waals surface area contributed by atoms with E-state index in [0.29, 0.717) is 6.42 Å². The van der Waals surface area contributed by atoms with Gasteiger partial charge in [0.15, 0.2) is 0 Å². The summed E-state index contributed by atoms with van der Waals surface area (Å²) < 4.78 is 5.77. The first-order chi connectivity index (χ1) is 19.6. The van der Waals surface area contributed by atoms with Crippen LogP contribution in [0.5, 0.6) is 0 Å². The zero-order valence-corrected chi connectivity index (χ0v) is 26.4. The molecule has 0 fully saturated rings. The van der Waals surface area contributed by atoms with Crippen molar-refractivity contribution >= 4 is 11.9 Å². The van der Waals surface area contributed by atoms with Crippen LogP contribution >= 0.6 is 0 Å². The van der Waals surface area contributed by atoms with Crippen molar-refractivity contribution in [1.82, 2.24) is 0 Å². The molecule has 232 valence electrons. The maximum Gasteiger partial charge on any atom is 0.306 e. The van der Waals surface area contributed by atoms with Crippen LogP contribution in [0.15, 0.2) is 36.5 Å². The summed E-state index contributed by atoms with van der Waals surface area (Å²) in [5.41, 5.74) is 0. The molecule has 0 aromatic heterocycles. The quantitative estimate of drug-likeness (QED) is 0.0539. The molecule has 0 rings (SSSR count). The van der Waals surface area contributed by atoms with E-state index in [1.165, 1.54) is 83.5 Å². The SMILES string of the molecule is CC/C=C\C/C=C\[C@@H](/C=C\CCCCCCCC(=O)O)OC(=O)CCCCCCCCCCCCCCCCC. The fourth-order valence-electron chi connectivity index (χ4n) is 4.85. The lowest BCUT2D eigenvalue weighted by atomic mass is 10.0. The standard InChI is InChI=1S/C36H64O4/c1-3-5-7-9-10-11-12-13-14-15-16-17-21-25-29-33-36(39)40-34(30-26-22-8-6-4-2)31-27-23-19-18-20-24-28-32-35(37)38/h6,8,26-27,30-31,34H,3-5,7,9-25,28-29,32-33H2,1-2H3,(H,37,38)/b8-6-,30-26-,31-27-/t34-/m0/s1. The van der Waals surface area contributed by atoms with Gasteiger partial charge in [0, 0.05) is 12.8 Å². The number of carboxylic acid groups (broad SMARTS) is 1. The van der Waals surface area contributed by atoms with Gasteiger partial charge in [-0.25, -0.2) is 0 Å². The van der Waals surface area contributed by atoms with E-state index < -0.39 is 5.97 Å². The smallest absolute Gasteiger partial charge is 0.306 e. The van der Waals surface area contributed by atoms with Crippen LogP contribution in [0.3, 0.4) is 0 Å². The number of aliphatic carboxylic acids is 1. The lowest BCUT2D eigenvalue weighted by molar-refractivity contribution is -0.145. The average Bonchev–Trinajstić information content (AvgIpc) is 2.93. The van der Waals surface area contributed by atoms with Crippen LogP contribution in [0.4, 0.5) is 0 Å². The van der Waals surface area contributed by atoms with E-state index in [2.05, 4.69) is 38.2 Å².